The van der Waals surface area contributed by atoms with Crippen molar-refractivity contribution in [2.75, 3.05) is 18.1 Å². The summed E-state index contributed by atoms with van der Waals surface area (Å²) in [7, 11) is 1.84. The summed E-state index contributed by atoms with van der Waals surface area (Å²) in [5.41, 5.74) is 7.27. The molecule has 1 aromatic heterocycles. The summed E-state index contributed by atoms with van der Waals surface area (Å²) in [6.07, 6.45) is 0. The zero-order valence-corrected chi connectivity index (χ0v) is 6.25. The first kappa shape index (κ1) is 6.35. The van der Waals surface area contributed by atoms with Gasteiger partial charge in [0.25, 0.3) is 0 Å². The molecule has 0 bridgehead atoms. The monoisotopic (exact) mass is 143 g/mol. The molecular formula is C5H9N3S. The van der Waals surface area contributed by atoms with Crippen LogP contribution in [0.1, 0.15) is 5.69 Å². The lowest BCUT2D eigenvalue weighted by molar-refractivity contribution is 1.35. The first-order valence-electron chi connectivity index (χ1n) is 2.65. The molecule has 3 N–H and O–H groups in total. The number of nitrogen functional groups attached to an aromatic ring is 1. The van der Waals surface area contributed by atoms with Crippen LogP contribution in [0, 0.1) is 6.92 Å². The summed E-state index contributed by atoms with van der Waals surface area (Å²) in [5, 5.41) is 3.90. The molecule has 0 aromatic carbocycles. The van der Waals surface area contributed by atoms with Crippen LogP contribution in [-0.4, -0.2) is 11.4 Å². The summed E-state index contributed by atoms with van der Waals surface area (Å²) in [4.78, 5) is 0. The minimum absolute atomic E-state index is 0.766. The van der Waals surface area contributed by atoms with E-state index in [4.69, 9.17) is 5.73 Å². The van der Waals surface area contributed by atoms with E-state index >= 15 is 0 Å². The molecule has 1 aromatic rings. The van der Waals surface area contributed by atoms with Crippen LogP contribution >= 0.6 is 11.5 Å². The third kappa shape index (κ3) is 0.977. The number of hydrogen-bond donors (Lipinski definition) is 2. The Hall–Kier alpha value is -0.770. The van der Waals surface area contributed by atoms with Gasteiger partial charge in [-0.25, -0.2) is 0 Å². The number of anilines is 2. The normalized spacial score (nSPS) is 9.56. The number of aromatic nitrogens is 1. The molecule has 0 fully saturated rings. The Morgan fingerprint density at radius 2 is 2.33 bits per heavy atom. The summed E-state index contributed by atoms with van der Waals surface area (Å²) >= 11 is 1.39. The lowest BCUT2D eigenvalue weighted by Crippen LogP contribution is -1.91. The van der Waals surface area contributed by atoms with Gasteiger partial charge in [0.15, 0.2) is 0 Å². The predicted octanol–water partition coefficient (Wildman–Crippen LogP) is 1.08. The summed E-state index contributed by atoms with van der Waals surface area (Å²) in [5.74, 6) is 0. The number of hydrogen-bond acceptors (Lipinski definition) is 4. The Labute approximate surface area is 58.1 Å². The molecule has 50 valence electrons. The van der Waals surface area contributed by atoms with Crippen LogP contribution in [0.25, 0.3) is 0 Å². The fourth-order valence-electron chi connectivity index (χ4n) is 0.557. The largest absolute Gasteiger partial charge is 0.395 e. The van der Waals surface area contributed by atoms with Crippen LogP contribution in [0.2, 0.25) is 0 Å². The van der Waals surface area contributed by atoms with Crippen molar-refractivity contribution in [3.05, 3.63) is 5.69 Å². The van der Waals surface area contributed by atoms with E-state index in [2.05, 4.69) is 9.69 Å². The average molecular weight is 143 g/mol. The first-order chi connectivity index (χ1) is 4.25. The van der Waals surface area contributed by atoms with E-state index in [-0.39, 0.29) is 0 Å². The Kier molecular flexibility index (Phi) is 1.57. The third-order valence-corrected chi connectivity index (χ3v) is 2.11. The van der Waals surface area contributed by atoms with Crippen molar-refractivity contribution in [1.29, 1.82) is 0 Å². The van der Waals surface area contributed by atoms with Gasteiger partial charge in [0.1, 0.15) is 5.00 Å². The molecule has 0 amide bonds. The van der Waals surface area contributed by atoms with Crippen molar-refractivity contribution >= 4 is 22.2 Å². The molecule has 0 radical (unpaired) electrons. The fourth-order valence-corrected chi connectivity index (χ4v) is 1.22. The molecule has 0 aliphatic heterocycles. The average Bonchev–Trinajstić information content (AvgIpc) is 2.15. The molecule has 0 aliphatic carbocycles. The van der Waals surface area contributed by atoms with Gasteiger partial charge in [0.2, 0.25) is 0 Å². The number of nitrogens with zero attached hydrogens (tertiary/aromatic N) is 1. The Morgan fingerprint density at radius 3 is 2.56 bits per heavy atom. The van der Waals surface area contributed by atoms with Crippen molar-refractivity contribution in [3.63, 3.8) is 0 Å². The molecule has 1 rings (SSSR count). The summed E-state index contributed by atoms with van der Waals surface area (Å²) in [6, 6.07) is 0. The van der Waals surface area contributed by atoms with E-state index in [9.17, 15) is 0 Å². The van der Waals surface area contributed by atoms with Crippen molar-refractivity contribution in [3.8, 4) is 0 Å². The van der Waals surface area contributed by atoms with Crippen molar-refractivity contribution in [2.45, 2.75) is 6.92 Å². The van der Waals surface area contributed by atoms with E-state index in [1.54, 1.807) is 0 Å². The van der Waals surface area contributed by atoms with Crippen LogP contribution in [0.3, 0.4) is 0 Å². The van der Waals surface area contributed by atoms with Crippen molar-refractivity contribution < 1.29 is 0 Å². The van der Waals surface area contributed by atoms with Gasteiger partial charge in [-0.2, -0.15) is 4.37 Å². The molecule has 0 spiro atoms. The highest BCUT2D eigenvalue weighted by Gasteiger charge is 2.02. The lowest BCUT2D eigenvalue weighted by Gasteiger charge is -1.92. The first-order valence-corrected chi connectivity index (χ1v) is 3.42. The predicted molar refractivity (Wildman–Crippen MR) is 40.8 cm³/mol. The van der Waals surface area contributed by atoms with Crippen LogP contribution in [0.5, 0.6) is 0 Å². The Balaban J connectivity index is 3.04. The number of nitrogens with two attached hydrogens (primary N) is 1. The molecule has 0 unspecified atom stereocenters. The molecule has 0 atom stereocenters. The van der Waals surface area contributed by atoms with Crippen LogP contribution < -0.4 is 11.1 Å². The second-order valence-corrected chi connectivity index (χ2v) is 2.53. The Bertz CT molecular complexity index is 206. The van der Waals surface area contributed by atoms with Gasteiger partial charge in [-0.15, -0.1) is 0 Å². The van der Waals surface area contributed by atoms with Crippen LogP contribution in [0.4, 0.5) is 10.7 Å². The number of nitrogens with one attached hydrogen (secondary N) is 1. The zero-order valence-electron chi connectivity index (χ0n) is 5.43. The van der Waals surface area contributed by atoms with Gasteiger partial charge < -0.3 is 11.1 Å². The van der Waals surface area contributed by atoms with E-state index < -0.39 is 0 Å². The Morgan fingerprint density at radius 1 is 1.67 bits per heavy atom. The van der Waals surface area contributed by atoms with Gasteiger partial charge >= 0.3 is 0 Å². The molecule has 9 heavy (non-hydrogen) atoms. The quantitative estimate of drug-likeness (QED) is 0.618. The van der Waals surface area contributed by atoms with Gasteiger partial charge in [0, 0.05) is 7.05 Å². The molecule has 3 nitrogen and oxygen atoms in total. The topological polar surface area (TPSA) is 50.9 Å². The molecule has 4 heteroatoms. The van der Waals surface area contributed by atoms with Crippen molar-refractivity contribution in [1.82, 2.24) is 4.37 Å². The van der Waals surface area contributed by atoms with Gasteiger partial charge in [-0.1, -0.05) is 0 Å². The molecule has 0 saturated heterocycles. The van der Waals surface area contributed by atoms with E-state index in [0.717, 1.165) is 16.4 Å². The maximum absolute atomic E-state index is 5.60. The van der Waals surface area contributed by atoms with Gasteiger partial charge in [-0.05, 0) is 18.5 Å². The summed E-state index contributed by atoms with van der Waals surface area (Å²) in [6.45, 7) is 1.90. The maximum atomic E-state index is 5.60. The highest BCUT2D eigenvalue weighted by Crippen LogP contribution is 2.25. The van der Waals surface area contributed by atoms with Crippen LogP contribution in [0.15, 0.2) is 0 Å². The molecular weight excluding hydrogens is 134 g/mol. The van der Waals surface area contributed by atoms with Crippen LogP contribution in [-0.2, 0) is 0 Å². The van der Waals surface area contributed by atoms with E-state index in [1.807, 2.05) is 14.0 Å². The molecule has 1 heterocycles. The van der Waals surface area contributed by atoms with E-state index in [1.165, 1.54) is 11.5 Å². The third-order valence-electron chi connectivity index (χ3n) is 1.14. The lowest BCUT2D eigenvalue weighted by atomic mass is 10.4. The highest BCUT2D eigenvalue weighted by atomic mass is 32.1. The second-order valence-electron chi connectivity index (χ2n) is 1.76. The van der Waals surface area contributed by atoms with E-state index in [0.29, 0.717) is 0 Å². The fraction of sp³-hybridized carbons (Fsp3) is 0.400. The minimum atomic E-state index is 0.766. The number of rotatable bonds is 1. The maximum Gasteiger partial charge on any atom is 0.132 e. The standard InChI is InChI=1S/C5H9N3S/c1-3-4(6)5(7-2)9-8-3/h7H,6H2,1-2H3. The SMILES string of the molecule is CNc1snc(C)c1N. The summed E-state index contributed by atoms with van der Waals surface area (Å²) < 4.78 is 4.04. The molecule has 0 saturated carbocycles. The zero-order chi connectivity index (χ0) is 6.85. The molecule has 0 aliphatic rings. The highest BCUT2D eigenvalue weighted by molar-refractivity contribution is 7.11. The second kappa shape index (κ2) is 2.23. The smallest absolute Gasteiger partial charge is 0.132 e. The van der Waals surface area contributed by atoms with Gasteiger partial charge in [0.05, 0.1) is 11.4 Å². The van der Waals surface area contributed by atoms with Gasteiger partial charge in [-0.3, -0.25) is 0 Å². The minimum Gasteiger partial charge on any atom is -0.395 e. The van der Waals surface area contributed by atoms with Crippen molar-refractivity contribution in [2.24, 2.45) is 0 Å². The number of aryl methyl sites for hydroxylation is 1.